The van der Waals surface area contributed by atoms with Crippen molar-refractivity contribution < 1.29 is 37.9 Å². The predicted octanol–water partition coefficient (Wildman–Crippen LogP) is 5.47. The number of esters is 2. The molecule has 0 spiro atoms. The van der Waals surface area contributed by atoms with Crippen molar-refractivity contribution in [2.45, 2.75) is 18.8 Å². The normalized spacial score (nSPS) is 23.5. The van der Waals surface area contributed by atoms with E-state index in [2.05, 4.69) is 12.1 Å². The summed E-state index contributed by atoms with van der Waals surface area (Å²) in [5, 5.41) is 0. The second kappa shape index (κ2) is 11.1. The van der Waals surface area contributed by atoms with Gasteiger partial charge in [-0.3, -0.25) is 19.3 Å². The Bertz CT molecular complexity index is 1740. The molecular weight excluding hydrogens is 562 g/mol. The van der Waals surface area contributed by atoms with Crippen LogP contribution in [0.3, 0.4) is 0 Å². The maximum absolute atomic E-state index is 13.6. The van der Waals surface area contributed by atoms with Crippen molar-refractivity contribution in [3.63, 3.8) is 0 Å². The smallest absolute Gasteiger partial charge is 0.379 e. The molecule has 2 amide bonds. The summed E-state index contributed by atoms with van der Waals surface area (Å²) in [5.41, 5.74) is 2.10. The monoisotopic (exact) mass is 589 g/mol. The van der Waals surface area contributed by atoms with E-state index in [1.165, 1.54) is 59.2 Å². The van der Waals surface area contributed by atoms with Crippen LogP contribution in [0, 0.1) is 23.7 Å². The lowest BCUT2D eigenvalue weighted by Gasteiger charge is -2.28. The van der Waals surface area contributed by atoms with Crippen LogP contribution in [0.1, 0.15) is 55.6 Å². The molecule has 3 aliphatic rings. The third-order valence-corrected chi connectivity index (χ3v) is 9.05. The van der Waals surface area contributed by atoms with E-state index in [-0.39, 0.29) is 64.0 Å². The highest BCUT2D eigenvalue weighted by Crippen LogP contribution is 2.61. The fourth-order valence-corrected chi connectivity index (χ4v) is 7.10. The van der Waals surface area contributed by atoms with Gasteiger partial charge >= 0.3 is 11.9 Å². The Hall–Kier alpha value is -5.31. The molecule has 3 aromatic carbocycles. The average Bonchev–Trinajstić information content (AvgIpc) is 3.85. The highest BCUT2D eigenvalue weighted by atomic mass is 16.5. The summed E-state index contributed by atoms with van der Waals surface area (Å²) in [5.74, 6) is -1.88. The summed E-state index contributed by atoms with van der Waals surface area (Å²) in [6, 6.07) is 25.2. The van der Waals surface area contributed by atoms with Gasteiger partial charge in [0.15, 0.2) is 12.4 Å². The molecule has 7 rings (SSSR count). The first-order valence-corrected chi connectivity index (χ1v) is 14.5. The lowest BCUT2D eigenvalue weighted by atomic mass is 9.73. The average molecular weight is 590 g/mol. The van der Waals surface area contributed by atoms with Gasteiger partial charge in [-0.05, 0) is 96.8 Å². The van der Waals surface area contributed by atoms with E-state index in [4.69, 9.17) is 13.9 Å². The Labute approximate surface area is 252 Å². The second-order valence-corrected chi connectivity index (χ2v) is 11.4. The molecule has 220 valence electrons. The lowest BCUT2D eigenvalue weighted by molar-refractivity contribution is -0.123. The number of nitrogens with zero attached hydrogens (tertiary/aromatic N) is 1. The number of imide groups is 1. The molecule has 2 aliphatic carbocycles. The Morgan fingerprint density at radius 2 is 1.45 bits per heavy atom. The van der Waals surface area contributed by atoms with Gasteiger partial charge in [-0.1, -0.05) is 30.3 Å². The number of ether oxygens (including phenoxy) is 2. The van der Waals surface area contributed by atoms with Crippen LogP contribution in [0.15, 0.2) is 102 Å². The Kier molecular flexibility index (Phi) is 6.93. The van der Waals surface area contributed by atoms with Crippen LogP contribution in [-0.4, -0.2) is 36.1 Å². The standard InChI is InChI=1S/C35H27NO8/c37-28(21-10-14-25(15-11-21)44-35(41)29-7-4-16-42-29)19-43-34(40)22-8-12-24(13-9-22)36-32(38)30-23-17-26(20-5-2-1-3-6-20)27(18-23)31(30)33(36)39/h1-16,23,26-27,30-31H,17-19H2/t23-,26+,27+,30+,31-/m0/s1. The van der Waals surface area contributed by atoms with Gasteiger partial charge in [0, 0.05) is 5.56 Å². The van der Waals surface area contributed by atoms with Crippen molar-refractivity contribution in [2.75, 3.05) is 11.5 Å². The number of rotatable bonds is 8. The minimum Gasteiger partial charge on any atom is -0.457 e. The third kappa shape index (κ3) is 4.80. The molecular formula is C35H27NO8. The van der Waals surface area contributed by atoms with Gasteiger partial charge in [-0.15, -0.1) is 0 Å². The summed E-state index contributed by atoms with van der Waals surface area (Å²) in [7, 11) is 0. The number of furan rings is 1. The first-order chi connectivity index (χ1) is 21.4. The van der Waals surface area contributed by atoms with E-state index >= 15 is 0 Å². The van der Waals surface area contributed by atoms with Crippen molar-refractivity contribution in [2.24, 2.45) is 23.7 Å². The molecule has 0 radical (unpaired) electrons. The molecule has 3 fully saturated rings. The van der Waals surface area contributed by atoms with Gasteiger partial charge in [0.25, 0.3) is 0 Å². The van der Waals surface area contributed by atoms with E-state index in [1.807, 2.05) is 18.2 Å². The number of anilines is 1. The van der Waals surface area contributed by atoms with Crippen molar-refractivity contribution in [3.8, 4) is 5.75 Å². The van der Waals surface area contributed by atoms with Crippen LogP contribution in [0.5, 0.6) is 5.75 Å². The van der Waals surface area contributed by atoms with Gasteiger partial charge in [-0.25, -0.2) is 9.59 Å². The van der Waals surface area contributed by atoms with E-state index in [9.17, 15) is 24.0 Å². The zero-order valence-electron chi connectivity index (χ0n) is 23.5. The predicted molar refractivity (Wildman–Crippen MR) is 156 cm³/mol. The summed E-state index contributed by atoms with van der Waals surface area (Å²) in [4.78, 5) is 65.5. The van der Waals surface area contributed by atoms with E-state index in [1.54, 1.807) is 18.2 Å². The zero-order valence-corrected chi connectivity index (χ0v) is 23.5. The second-order valence-electron chi connectivity index (χ2n) is 11.4. The zero-order chi connectivity index (χ0) is 30.4. The van der Waals surface area contributed by atoms with Gasteiger partial charge in [0.05, 0.1) is 29.3 Å². The third-order valence-electron chi connectivity index (χ3n) is 9.05. The van der Waals surface area contributed by atoms with E-state index in [0.717, 1.165) is 12.8 Å². The molecule has 4 aromatic rings. The van der Waals surface area contributed by atoms with Crippen LogP contribution in [0.25, 0.3) is 0 Å². The highest BCUT2D eigenvalue weighted by Gasteiger charge is 2.64. The lowest BCUT2D eigenvalue weighted by Crippen LogP contribution is -2.33. The number of hydrogen-bond donors (Lipinski definition) is 0. The summed E-state index contributed by atoms with van der Waals surface area (Å²) in [6.07, 6.45) is 3.17. The maximum atomic E-state index is 13.6. The van der Waals surface area contributed by atoms with Gasteiger partial charge in [-0.2, -0.15) is 0 Å². The van der Waals surface area contributed by atoms with Crippen LogP contribution < -0.4 is 9.64 Å². The highest BCUT2D eigenvalue weighted by molar-refractivity contribution is 6.22. The van der Waals surface area contributed by atoms with Crippen molar-refractivity contribution in [3.05, 3.63) is 120 Å². The summed E-state index contributed by atoms with van der Waals surface area (Å²) >= 11 is 0. The Balaban J connectivity index is 0.958. The van der Waals surface area contributed by atoms with Gasteiger partial charge in [0.1, 0.15) is 5.75 Å². The molecule has 0 unspecified atom stereocenters. The fraction of sp³-hybridized carbons (Fsp3) is 0.229. The van der Waals surface area contributed by atoms with Crippen molar-refractivity contribution in [1.29, 1.82) is 0 Å². The Morgan fingerprint density at radius 1 is 0.750 bits per heavy atom. The van der Waals surface area contributed by atoms with Crippen LogP contribution in [-0.2, 0) is 14.3 Å². The molecule has 5 atom stereocenters. The minimum atomic E-state index is -0.714. The van der Waals surface area contributed by atoms with Gasteiger partial charge < -0.3 is 13.9 Å². The van der Waals surface area contributed by atoms with E-state index < -0.39 is 24.3 Å². The van der Waals surface area contributed by atoms with E-state index in [0.29, 0.717) is 5.69 Å². The fourth-order valence-electron chi connectivity index (χ4n) is 7.10. The molecule has 1 aliphatic heterocycles. The van der Waals surface area contributed by atoms with Crippen molar-refractivity contribution >= 4 is 35.2 Å². The molecule has 1 aromatic heterocycles. The van der Waals surface area contributed by atoms with Gasteiger partial charge in [0.2, 0.25) is 17.6 Å². The molecule has 0 N–H and O–H groups in total. The topological polar surface area (TPSA) is 120 Å². The number of fused-ring (bicyclic) bond motifs is 5. The van der Waals surface area contributed by atoms with Crippen LogP contribution >= 0.6 is 0 Å². The summed E-state index contributed by atoms with van der Waals surface area (Å²) in [6.45, 7) is -0.496. The summed E-state index contributed by atoms with van der Waals surface area (Å²) < 4.78 is 15.4. The number of ketones is 1. The number of carbonyl (C=O) groups is 5. The number of hydrogen-bond acceptors (Lipinski definition) is 8. The number of benzene rings is 3. The molecule has 2 saturated carbocycles. The molecule has 9 nitrogen and oxygen atoms in total. The first kappa shape index (κ1) is 27.5. The Morgan fingerprint density at radius 3 is 2.16 bits per heavy atom. The maximum Gasteiger partial charge on any atom is 0.379 e. The number of amides is 2. The first-order valence-electron chi connectivity index (χ1n) is 14.5. The van der Waals surface area contributed by atoms with Crippen LogP contribution in [0.2, 0.25) is 0 Å². The number of carbonyl (C=O) groups excluding carboxylic acids is 5. The quantitative estimate of drug-likeness (QED) is 0.115. The number of Topliss-reactive ketones (excluding diaryl/α,β-unsaturated/α-hetero) is 1. The molecule has 2 heterocycles. The molecule has 9 heteroatoms. The largest absolute Gasteiger partial charge is 0.457 e. The van der Waals surface area contributed by atoms with Crippen LogP contribution in [0.4, 0.5) is 5.69 Å². The minimum absolute atomic E-state index is 0.0511. The molecule has 44 heavy (non-hydrogen) atoms. The molecule has 1 saturated heterocycles. The van der Waals surface area contributed by atoms with Crippen molar-refractivity contribution in [1.82, 2.24) is 0 Å². The SMILES string of the molecule is O=C(COC(=O)c1ccc(N2C(=O)[C@@H]3[C@@H]4C[C@@H]([C@@H]3C2=O)[C@@H](c2ccccc2)C4)cc1)c1ccc(OC(=O)c2ccco2)cc1. The molecule has 2 bridgehead atoms.